The number of aliphatic hydroxyl groups is 1. The molecule has 1 aromatic heterocycles. The molecule has 0 spiro atoms. The number of nitrogens with zero attached hydrogens (tertiary/aromatic N) is 3. The van der Waals surface area contributed by atoms with E-state index in [-0.39, 0.29) is 12.0 Å². The molecule has 1 aliphatic rings. The molecule has 1 fully saturated rings. The molecule has 1 aliphatic heterocycles. The monoisotopic (exact) mass is 483 g/mol. The van der Waals surface area contributed by atoms with Gasteiger partial charge in [-0.3, -0.25) is 19.2 Å². The van der Waals surface area contributed by atoms with Crippen molar-refractivity contribution in [3.63, 3.8) is 0 Å². The minimum absolute atomic E-state index is 0.0850. The SMILES string of the molecule is C=N/C=C(\C=C(/C)c1ccc(C(=O)N2CCC(O)CC2)cc1Cl)c1ccnc(C(C)(C)CF)c1. The Hall–Kier alpha value is -2.83. The van der Waals surface area contributed by atoms with Crippen LogP contribution in [0.4, 0.5) is 4.39 Å². The summed E-state index contributed by atoms with van der Waals surface area (Å²) in [5.74, 6) is -0.0850. The van der Waals surface area contributed by atoms with Crippen LogP contribution in [0.1, 0.15) is 60.8 Å². The van der Waals surface area contributed by atoms with E-state index in [4.69, 9.17) is 11.6 Å². The van der Waals surface area contributed by atoms with Crippen molar-refractivity contribution < 1.29 is 14.3 Å². The van der Waals surface area contributed by atoms with Crippen LogP contribution in [0.3, 0.4) is 0 Å². The van der Waals surface area contributed by atoms with Gasteiger partial charge in [0, 0.05) is 52.8 Å². The van der Waals surface area contributed by atoms with Crippen molar-refractivity contribution in [1.82, 2.24) is 9.88 Å². The highest BCUT2D eigenvalue weighted by molar-refractivity contribution is 6.32. The van der Waals surface area contributed by atoms with Gasteiger partial charge in [-0.2, -0.15) is 0 Å². The summed E-state index contributed by atoms with van der Waals surface area (Å²) >= 11 is 6.58. The molecule has 7 heteroatoms. The molecule has 34 heavy (non-hydrogen) atoms. The number of likely N-dealkylation sites (tertiary alicyclic amines) is 1. The molecule has 2 heterocycles. The number of hydrogen-bond donors (Lipinski definition) is 1. The summed E-state index contributed by atoms with van der Waals surface area (Å²) in [4.78, 5) is 22.9. The molecule has 0 radical (unpaired) electrons. The Kier molecular flexibility index (Phi) is 8.39. The van der Waals surface area contributed by atoms with E-state index in [1.807, 2.05) is 45.0 Å². The number of piperidine rings is 1. The van der Waals surface area contributed by atoms with Gasteiger partial charge in [-0.1, -0.05) is 31.5 Å². The number of carbonyl (C=O) groups is 1. The molecule has 5 nitrogen and oxygen atoms in total. The topological polar surface area (TPSA) is 65.8 Å². The molecule has 1 N–H and O–H groups in total. The molecule has 1 aromatic carbocycles. The molecule has 2 aromatic rings. The lowest BCUT2D eigenvalue weighted by Crippen LogP contribution is -2.40. The molecule has 1 saturated heterocycles. The van der Waals surface area contributed by atoms with Crippen molar-refractivity contribution in [2.45, 2.75) is 45.1 Å². The number of aromatic nitrogens is 1. The lowest BCUT2D eigenvalue weighted by Gasteiger charge is -2.29. The lowest BCUT2D eigenvalue weighted by atomic mass is 9.89. The number of aliphatic hydroxyl groups excluding tert-OH is 1. The summed E-state index contributed by atoms with van der Waals surface area (Å²) in [5, 5.41) is 10.1. The fourth-order valence-electron chi connectivity index (χ4n) is 3.87. The van der Waals surface area contributed by atoms with Crippen LogP contribution >= 0.6 is 11.6 Å². The van der Waals surface area contributed by atoms with Crippen molar-refractivity contribution >= 4 is 35.4 Å². The maximum Gasteiger partial charge on any atom is 0.253 e. The van der Waals surface area contributed by atoms with Crippen LogP contribution in [-0.4, -0.2) is 53.5 Å². The predicted octanol–water partition coefficient (Wildman–Crippen LogP) is 5.72. The summed E-state index contributed by atoms with van der Waals surface area (Å²) in [6.45, 7) is 9.68. The molecular formula is C27H31ClFN3O2. The first-order valence-electron chi connectivity index (χ1n) is 11.3. The van der Waals surface area contributed by atoms with E-state index in [0.717, 1.165) is 22.3 Å². The second kappa shape index (κ2) is 11.1. The summed E-state index contributed by atoms with van der Waals surface area (Å²) in [6, 6.07) is 9.00. The maximum absolute atomic E-state index is 13.5. The van der Waals surface area contributed by atoms with Gasteiger partial charge in [0.2, 0.25) is 0 Å². The minimum atomic E-state index is -0.695. The highest BCUT2D eigenvalue weighted by Crippen LogP contribution is 2.30. The largest absolute Gasteiger partial charge is 0.393 e. The van der Waals surface area contributed by atoms with Gasteiger partial charge in [-0.15, -0.1) is 0 Å². The molecule has 3 rings (SSSR count). The van der Waals surface area contributed by atoms with Gasteiger partial charge in [0.1, 0.15) is 6.67 Å². The van der Waals surface area contributed by atoms with Crippen LogP contribution in [-0.2, 0) is 5.41 Å². The molecule has 0 unspecified atom stereocenters. The van der Waals surface area contributed by atoms with Crippen molar-refractivity contribution in [2.75, 3.05) is 19.8 Å². The molecular weight excluding hydrogens is 453 g/mol. The number of pyridine rings is 1. The third kappa shape index (κ3) is 5.99. The first kappa shape index (κ1) is 25.8. The minimum Gasteiger partial charge on any atom is -0.393 e. The van der Waals surface area contributed by atoms with Crippen molar-refractivity contribution in [2.24, 2.45) is 4.99 Å². The van der Waals surface area contributed by atoms with E-state index in [1.54, 1.807) is 29.4 Å². The zero-order valence-corrected chi connectivity index (χ0v) is 20.6. The Bertz CT molecular complexity index is 1120. The standard InChI is InChI=1S/C27H31ClFN3O2/c1-18(13-21(16-30-4)19-7-10-31-25(15-19)27(2,3)17-29)23-6-5-20(14-24(23)28)26(34)32-11-8-22(33)9-12-32/h5-7,10,13-16,22,33H,4,8-9,11-12,17H2,1-3H3/b18-13+,21-16+. The third-order valence-corrected chi connectivity index (χ3v) is 6.43. The van der Waals surface area contributed by atoms with Crippen LogP contribution in [0, 0.1) is 0 Å². The van der Waals surface area contributed by atoms with Crippen molar-refractivity contribution in [1.29, 1.82) is 0 Å². The van der Waals surface area contributed by atoms with Crippen LogP contribution in [0.15, 0.2) is 53.8 Å². The van der Waals surface area contributed by atoms with Gasteiger partial charge in [-0.05, 0) is 73.5 Å². The average molecular weight is 484 g/mol. The summed E-state index contributed by atoms with van der Waals surface area (Å²) in [5.41, 5.74) is 3.78. The predicted molar refractivity (Wildman–Crippen MR) is 137 cm³/mol. The Morgan fingerprint density at radius 2 is 2.00 bits per heavy atom. The van der Waals surface area contributed by atoms with Gasteiger partial charge >= 0.3 is 0 Å². The Morgan fingerprint density at radius 3 is 2.62 bits per heavy atom. The zero-order valence-electron chi connectivity index (χ0n) is 19.9. The molecule has 1 amide bonds. The van der Waals surface area contributed by atoms with Gasteiger partial charge in [0.05, 0.1) is 6.10 Å². The average Bonchev–Trinajstić information content (AvgIpc) is 2.83. The Labute approximate surface area is 205 Å². The number of carbonyl (C=O) groups excluding carboxylic acids is 1. The van der Waals surface area contributed by atoms with Crippen LogP contribution < -0.4 is 0 Å². The second-order valence-electron chi connectivity index (χ2n) is 9.26. The number of benzene rings is 1. The molecule has 0 aliphatic carbocycles. The van der Waals surface area contributed by atoms with Gasteiger partial charge in [-0.25, -0.2) is 0 Å². The Morgan fingerprint density at radius 1 is 1.29 bits per heavy atom. The number of hydrogen-bond acceptors (Lipinski definition) is 4. The van der Waals surface area contributed by atoms with Crippen molar-refractivity contribution in [3.8, 4) is 0 Å². The molecule has 180 valence electrons. The van der Waals surface area contributed by atoms with Crippen molar-refractivity contribution in [3.05, 3.63) is 76.2 Å². The van der Waals surface area contributed by atoms with Gasteiger partial charge < -0.3 is 10.0 Å². The summed E-state index contributed by atoms with van der Waals surface area (Å²) in [6.07, 6.45) is 6.08. The Balaban J connectivity index is 1.88. The first-order valence-corrected chi connectivity index (χ1v) is 11.7. The fraction of sp³-hybridized carbons (Fsp3) is 0.370. The maximum atomic E-state index is 13.5. The van der Waals surface area contributed by atoms with Crippen LogP contribution in [0.25, 0.3) is 11.1 Å². The lowest BCUT2D eigenvalue weighted by molar-refractivity contribution is 0.0546. The zero-order chi connectivity index (χ0) is 24.9. The highest BCUT2D eigenvalue weighted by Gasteiger charge is 2.24. The van der Waals surface area contributed by atoms with E-state index in [9.17, 15) is 14.3 Å². The fourth-order valence-corrected chi connectivity index (χ4v) is 4.20. The number of aliphatic imine (C=N–C) groups is 1. The number of allylic oxidation sites excluding steroid dienone is 3. The second-order valence-corrected chi connectivity index (χ2v) is 9.67. The van der Waals surface area contributed by atoms with Crippen LogP contribution in [0.5, 0.6) is 0 Å². The van der Waals surface area contributed by atoms with E-state index in [1.165, 1.54) is 0 Å². The van der Waals surface area contributed by atoms with E-state index in [2.05, 4.69) is 16.7 Å². The highest BCUT2D eigenvalue weighted by atomic mass is 35.5. The smallest absolute Gasteiger partial charge is 0.253 e. The van der Waals surface area contributed by atoms with Gasteiger partial charge in [0.15, 0.2) is 0 Å². The molecule has 0 saturated carbocycles. The number of amides is 1. The first-order chi connectivity index (χ1) is 16.2. The van der Waals surface area contributed by atoms with Gasteiger partial charge in [0.25, 0.3) is 5.91 Å². The number of rotatable bonds is 7. The number of alkyl halides is 1. The van der Waals surface area contributed by atoms with E-state index >= 15 is 0 Å². The quantitative estimate of drug-likeness (QED) is 0.404. The summed E-state index contributed by atoms with van der Waals surface area (Å²) < 4.78 is 13.5. The summed E-state index contributed by atoms with van der Waals surface area (Å²) in [7, 11) is 0. The van der Waals surface area contributed by atoms with Crippen LogP contribution in [0.2, 0.25) is 5.02 Å². The molecule has 0 bridgehead atoms. The third-order valence-electron chi connectivity index (χ3n) is 6.12. The van der Waals surface area contributed by atoms with E-state index < -0.39 is 12.1 Å². The molecule has 0 atom stereocenters. The normalized spacial score (nSPS) is 16.0. The van der Waals surface area contributed by atoms with E-state index in [0.29, 0.717) is 42.2 Å². The number of halogens is 2.